The van der Waals surface area contributed by atoms with Crippen LogP contribution in [0, 0.1) is 0 Å². The van der Waals surface area contributed by atoms with Gasteiger partial charge < -0.3 is 28.2 Å². The summed E-state index contributed by atoms with van der Waals surface area (Å²) in [6.45, 7) is 14.9. The van der Waals surface area contributed by atoms with Crippen LogP contribution in [-0.4, -0.2) is 87.9 Å². The summed E-state index contributed by atoms with van der Waals surface area (Å²) in [6, 6.07) is 6.09. The number of amides is 2. The van der Waals surface area contributed by atoms with Crippen LogP contribution in [0.25, 0.3) is 0 Å². The molecule has 2 amide bonds. The van der Waals surface area contributed by atoms with Crippen LogP contribution in [0.15, 0.2) is 45.8 Å². The van der Waals surface area contributed by atoms with E-state index in [0.29, 0.717) is 9.37 Å². The maximum Gasteiger partial charge on any atom is 0.509 e. The van der Waals surface area contributed by atoms with Crippen molar-refractivity contribution < 1.29 is 60.9 Å². The van der Waals surface area contributed by atoms with E-state index in [0.717, 1.165) is 35.7 Å². The molecule has 1 fully saturated rings. The monoisotopic (exact) mass is 880 g/mol. The molecule has 1 N–H and O–H groups in total. The van der Waals surface area contributed by atoms with Crippen LogP contribution >= 0.6 is 35.4 Å². The molecule has 0 bridgehead atoms. The first-order valence-electron chi connectivity index (χ1n) is 16.8. The van der Waals surface area contributed by atoms with Gasteiger partial charge in [0.15, 0.2) is 18.1 Å². The Kier molecular flexibility index (Phi) is 15.0. The lowest BCUT2D eigenvalue weighted by molar-refractivity contribution is -0.142. The first-order chi connectivity index (χ1) is 25.2. The fraction of sp³-hybridized carbons (Fsp3) is 0.588. The van der Waals surface area contributed by atoms with Crippen LogP contribution in [0.5, 0.6) is 5.75 Å². The summed E-state index contributed by atoms with van der Waals surface area (Å²) >= 11 is 4.06. The van der Waals surface area contributed by atoms with Gasteiger partial charge in [0.1, 0.15) is 34.0 Å². The third-order valence-electron chi connectivity index (χ3n) is 6.71. The summed E-state index contributed by atoms with van der Waals surface area (Å²) in [7, 11) is -3.33. The molecule has 0 spiro atoms. The third kappa shape index (κ3) is 13.8. The molecule has 1 aliphatic rings. The van der Waals surface area contributed by atoms with Gasteiger partial charge in [0, 0.05) is 10.7 Å². The molecule has 55 heavy (non-hydrogen) atoms. The van der Waals surface area contributed by atoms with Gasteiger partial charge >= 0.3 is 37.7 Å². The average Bonchev–Trinajstić information content (AvgIpc) is 3.32. The van der Waals surface area contributed by atoms with Crippen molar-refractivity contribution in [2.24, 2.45) is 0 Å². The number of anilines is 1. The van der Waals surface area contributed by atoms with E-state index in [4.69, 9.17) is 32.7 Å². The van der Waals surface area contributed by atoms with Gasteiger partial charge in [-0.25, -0.2) is 28.1 Å². The van der Waals surface area contributed by atoms with Gasteiger partial charge in [0.25, 0.3) is 0 Å². The maximum atomic E-state index is 16.5. The van der Waals surface area contributed by atoms with Crippen molar-refractivity contribution in [2.75, 3.05) is 18.6 Å². The van der Waals surface area contributed by atoms with Crippen LogP contribution in [0.1, 0.15) is 74.6 Å². The topological polar surface area (TPSA) is 200 Å². The van der Waals surface area contributed by atoms with E-state index < -0.39 is 95.9 Å². The number of nitrogens with one attached hydrogen (secondary N) is 1. The quantitative estimate of drug-likeness (QED) is 0.134. The average molecular weight is 882 g/mol. The zero-order valence-electron chi connectivity index (χ0n) is 32.3. The number of ether oxygens (including phenoxy) is 5. The Labute approximate surface area is 330 Å². The Morgan fingerprint density at radius 1 is 0.964 bits per heavy atom. The normalized spacial score (nSPS) is 20.4. The summed E-state index contributed by atoms with van der Waals surface area (Å²) in [6.07, 6.45) is -6.29. The zero-order chi connectivity index (χ0) is 41.7. The second-order valence-corrected chi connectivity index (χ2v) is 19.0. The van der Waals surface area contributed by atoms with Gasteiger partial charge in [0.2, 0.25) is 0 Å². The molecule has 6 atom stereocenters. The minimum Gasteiger partial charge on any atom is -0.468 e. The number of aromatic nitrogens is 2. The van der Waals surface area contributed by atoms with Crippen LogP contribution in [-0.2, 0) is 37.6 Å². The molecule has 1 aromatic heterocycles. The summed E-state index contributed by atoms with van der Waals surface area (Å²) < 4.78 is 69.6. The number of carbonyl (C=O) groups is 4. The smallest absolute Gasteiger partial charge is 0.468 e. The molecule has 306 valence electrons. The number of methoxy groups -OCH3 is 1. The van der Waals surface area contributed by atoms with E-state index in [9.17, 15) is 28.5 Å². The summed E-state index contributed by atoms with van der Waals surface area (Å²) in [5.74, 6) is -1.18. The molecule has 17 nitrogen and oxygen atoms in total. The lowest BCUT2D eigenvalue weighted by Gasteiger charge is -2.28. The number of alkyl halides is 1. The highest BCUT2D eigenvalue weighted by Gasteiger charge is 2.50. The summed E-state index contributed by atoms with van der Waals surface area (Å²) in [5.41, 5.74) is -4.22. The number of hydrogen-bond donors (Lipinski definition) is 1. The Balaban J connectivity index is 2.00. The van der Waals surface area contributed by atoms with Gasteiger partial charge in [-0.3, -0.25) is 13.9 Å². The number of esters is 1. The van der Waals surface area contributed by atoms with E-state index in [1.54, 1.807) is 74.4 Å². The molecular weight excluding hydrogens is 834 g/mol. The lowest BCUT2D eigenvalue weighted by atomic mass is 10.1. The number of benzene rings is 1. The first-order valence-corrected chi connectivity index (χ1v) is 20.1. The number of imide groups is 1. The Morgan fingerprint density at radius 3 is 2.00 bits per heavy atom. The molecule has 2 aromatic rings. The molecule has 1 unspecified atom stereocenters. The van der Waals surface area contributed by atoms with Crippen LogP contribution < -0.4 is 20.2 Å². The van der Waals surface area contributed by atoms with E-state index in [1.165, 1.54) is 19.1 Å². The van der Waals surface area contributed by atoms with E-state index >= 15 is 4.39 Å². The van der Waals surface area contributed by atoms with Crippen molar-refractivity contribution in [3.63, 3.8) is 0 Å². The fourth-order valence-corrected chi connectivity index (χ4v) is 7.88. The van der Waals surface area contributed by atoms with E-state index in [-0.39, 0.29) is 5.75 Å². The first kappa shape index (κ1) is 45.7. The summed E-state index contributed by atoms with van der Waals surface area (Å²) in [4.78, 5) is 69.1. The predicted molar refractivity (Wildman–Crippen MR) is 203 cm³/mol. The molecule has 0 saturated carbocycles. The molecule has 21 heteroatoms. The number of hydrogen-bond acceptors (Lipinski definition) is 15. The molecule has 0 aliphatic carbocycles. The predicted octanol–water partition coefficient (Wildman–Crippen LogP) is 7.31. The number of nitrogens with zero attached hydrogens (tertiary/aromatic N) is 3. The van der Waals surface area contributed by atoms with E-state index in [2.05, 4.69) is 26.0 Å². The number of thioether (sulfide) groups is 1. The van der Waals surface area contributed by atoms with Crippen molar-refractivity contribution in [3.05, 3.63) is 51.5 Å². The Hall–Kier alpha value is -3.71. The minimum atomic E-state index is -4.46. The minimum absolute atomic E-state index is 0.0856. The zero-order valence-corrected chi connectivity index (χ0v) is 35.6. The largest absolute Gasteiger partial charge is 0.509 e. The fourth-order valence-electron chi connectivity index (χ4n) is 4.54. The van der Waals surface area contributed by atoms with Gasteiger partial charge in [0.05, 0.1) is 19.0 Å². The molecular formula is C34H47BrFN4O13PS. The summed E-state index contributed by atoms with van der Waals surface area (Å²) in [5, 5.41) is -0.126. The lowest BCUT2D eigenvalue weighted by Crippen LogP contribution is -2.45. The Morgan fingerprint density at radius 2 is 1.51 bits per heavy atom. The van der Waals surface area contributed by atoms with Crippen LogP contribution in [0.2, 0.25) is 0 Å². The standard InChI is InChI=1S/C34H47BrFN4O13PS/c1-19(27(41)47-11)38-54(46,53-21-14-12-20(35)13-15-21)48-18-22-25(49-31(45)52-34(8,9)10)24(36)26(55-22)39-17-16-23(37-28(39)42)40(29(43)50-32(2,3)4)30(44)51-33(5,6)7/h12-17,19,22,24-26H,18H2,1-11H3,(H,38,46)/t19-,22+,24-,25+,26+,54?/m0/s1. The third-order valence-corrected chi connectivity index (χ3v) is 10.4. The number of halogens is 2. The molecule has 2 heterocycles. The highest BCUT2D eigenvalue weighted by atomic mass is 79.9. The molecule has 3 rings (SSSR count). The van der Waals surface area contributed by atoms with Crippen molar-refractivity contribution >= 4 is 65.6 Å². The molecule has 1 aliphatic heterocycles. The van der Waals surface area contributed by atoms with Crippen LogP contribution in [0.4, 0.5) is 24.6 Å². The van der Waals surface area contributed by atoms with Crippen molar-refractivity contribution in [1.82, 2.24) is 14.6 Å². The highest BCUT2D eigenvalue weighted by molar-refractivity contribution is 9.10. The van der Waals surface area contributed by atoms with Crippen molar-refractivity contribution in [3.8, 4) is 5.75 Å². The van der Waals surface area contributed by atoms with Crippen molar-refractivity contribution in [2.45, 2.75) is 115 Å². The Bertz CT molecular complexity index is 1790. The van der Waals surface area contributed by atoms with E-state index in [1.807, 2.05) is 0 Å². The molecule has 1 saturated heterocycles. The van der Waals surface area contributed by atoms with Gasteiger partial charge in [-0.1, -0.05) is 15.9 Å². The number of carbonyl (C=O) groups excluding carboxylic acids is 4. The second kappa shape index (κ2) is 18.0. The van der Waals surface area contributed by atoms with Gasteiger partial charge in [-0.05, 0) is 99.6 Å². The van der Waals surface area contributed by atoms with Gasteiger partial charge in [-0.15, -0.1) is 11.8 Å². The van der Waals surface area contributed by atoms with Crippen molar-refractivity contribution in [1.29, 1.82) is 0 Å². The SMILES string of the molecule is COC(=O)[C@H](C)NP(=O)(OC[C@H]1S[C@@H](n2ccc(N(C(=O)OC(C)(C)C)C(=O)OC(C)(C)C)nc2=O)[C@@H](F)[C@@H]1OC(=O)OC(C)(C)C)Oc1ccc(Br)cc1. The number of rotatable bonds is 11. The molecule has 1 aromatic carbocycles. The second-order valence-electron chi connectivity index (χ2n) is 15.0. The highest BCUT2D eigenvalue weighted by Crippen LogP contribution is 2.50. The molecule has 0 radical (unpaired) electrons. The van der Waals surface area contributed by atoms with Crippen LogP contribution in [0.3, 0.4) is 0 Å². The maximum absolute atomic E-state index is 16.5. The van der Waals surface area contributed by atoms with Gasteiger partial charge in [-0.2, -0.15) is 15.0 Å².